The maximum atomic E-state index is 12.5. The van der Waals surface area contributed by atoms with Gasteiger partial charge >= 0.3 is 6.09 Å². The number of carbonyl (C=O) groups excluding carboxylic acids is 2. The van der Waals surface area contributed by atoms with Crippen molar-refractivity contribution in [2.75, 3.05) is 5.88 Å². The first-order valence-electron chi connectivity index (χ1n) is 7.98. The summed E-state index contributed by atoms with van der Waals surface area (Å²) in [5.41, 5.74) is 3.48. The minimum atomic E-state index is -0.470. The molecule has 0 bridgehead atoms. The number of ketones is 1. The lowest BCUT2D eigenvalue weighted by molar-refractivity contribution is -0.116. The molecule has 0 aliphatic carbocycles. The fraction of sp³-hybridized carbons (Fsp3) is 0.200. The number of hydrogen-bond donors (Lipinski definition) is 0. The molecule has 0 unspecified atom stereocenters. The molecule has 0 radical (unpaired) electrons. The number of alkyl halides is 1. The SMILES string of the molecule is Cc1ccc2c(c1)c(CC(=O)CCl)cn2C(=O)OCc1ccccc1. The van der Waals surface area contributed by atoms with Gasteiger partial charge < -0.3 is 4.74 Å². The first kappa shape index (κ1) is 17.2. The van der Waals surface area contributed by atoms with Crippen molar-refractivity contribution >= 4 is 34.4 Å². The van der Waals surface area contributed by atoms with E-state index in [1.54, 1.807) is 6.20 Å². The maximum Gasteiger partial charge on any atom is 0.418 e. The first-order valence-corrected chi connectivity index (χ1v) is 8.51. The minimum Gasteiger partial charge on any atom is -0.444 e. The number of halogens is 1. The van der Waals surface area contributed by atoms with E-state index >= 15 is 0 Å². The Labute approximate surface area is 151 Å². The van der Waals surface area contributed by atoms with Crippen molar-refractivity contribution in [3.05, 3.63) is 71.4 Å². The van der Waals surface area contributed by atoms with Crippen LogP contribution in [0, 0.1) is 6.92 Å². The second-order valence-corrected chi connectivity index (χ2v) is 6.20. The normalized spacial score (nSPS) is 10.8. The summed E-state index contributed by atoms with van der Waals surface area (Å²) in [7, 11) is 0. The number of fused-ring (bicyclic) bond motifs is 1. The molecule has 4 nitrogen and oxygen atoms in total. The average Bonchev–Trinajstić information content (AvgIpc) is 2.98. The van der Waals surface area contributed by atoms with Gasteiger partial charge in [0.05, 0.1) is 11.4 Å². The Morgan fingerprint density at radius 3 is 2.60 bits per heavy atom. The predicted octanol–water partition coefficient (Wildman–Crippen LogP) is 4.49. The molecule has 0 spiro atoms. The lowest BCUT2D eigenvalue weighted by Gasteiger charge is -2.06. The standard InChI is InChI=1S/C20H18ClNO3/c1-14-7-8-19-18(9-14)16(10-17(23)11-21)12-22(19)20(24)25-13-15-5-3-2-4-6-15/h2-9,12H,10-11,13H2,1H3. The Kier molecular flexibility index (Phi) is 5.19. The fourth-order valence-corrected chi connectivity index (χ4v) is 2.85. The van der Waals surface area contributed by atoms with Gasteiger partial charge in [-0.3, -0.25) is 9.36 Å². The van der Waals surface area contributed by atoms with Gasteiger partial charge in [-0.1, -0.05) is 42.0 Å². The number of nitrogens with zero attached hydrogens (tertiary/aromatic N) is 1. The molecule has 3 aromatic rings. The van der Waals surface area contributed by atoms with E-state index in [-0.39, 0.29) is 24.7 Å². The average molecular weight is 356 g/mol. The van der Waals surface area contributed by atoms with E-state index in [0.29, 0.717) is 0 Å². The van der Waals surface area contributed by atoms with Crippen LogP contribution in [0.3, 0.4) is 0 Å². The number of Topliss-reactive ketones (excluding diaryl/α,β-unsaturated/α-hetero) is 1. The Balaban J connectivity index is 1.89. The molecule has 0 saturated carbocycles. The Morgan fingerprint density at radius 1 is 1.12 bits per heavy atom. The molecule has 3 rings (SSSR count). The summed E-state index contributed by atoms with van der Waals surface area (Å²) in [4.78, 5) is 24.3. The molecule has 0 amide bonds. The van der Waals surface area contributed by atoms with Crippen LogP contribution in [0.15, 0.2) is 54.7 Å². The molecule has 25 heavy (non-hydrogen) atoms. The number of ether oxygens (including phenoxy) is 1. The Hall–Kier alpha value is -2.59. The van der Waals surface area contributed by atoms with Gasteiger partial charge in [0, 0.05) is 18.0 Å². The number of rotatable bonds is 5. The summed E-state index contributed by atoms with van der Waals surface area (Å²) in [6.45, 7) is 2.17. The third kappa shape index (κ3) is 3.91. The summed E-state index contributed by atoms with van der Waals surface area (Å²) in [5.74, 6) is -0.128. The van der Waals surface area contributed by atoms with Crippen LogP contribution in [0.1, 0.15) is 16.7 Å². The van der Waals surface area contributed by atoms with E-state index < -0.39 is 6.09 Å². The van der Waals surface area contributed by atoms with Gasteiger partial charge in [-0.25, -0.2) is 4.79 Å². The number of carbonyl (C=O) groups is 2. The van der Waals surface area contributed by atoms with Gasteiger partial charge in [0.1, 0.15) is 6.61 Å². The fourth-order valence-electron chi connectivity index (χ4n) is 2.75. The quantitative estimate of drug-likeness (QED) is 0.634. The smallest absolute Gasteiger partial charge is 0.418 e. The summed E-state index contributed by atoms with van der Waals surface area (Å²) < 4.78 is 6.86. The number of hydrogen-bond acceptors (Lipinski definition) is 3. The number of benzene rings is 2. The second-order valence-electron chi connectivity index (χ2n) is 5.93. The maximum absolute atomic E-state index is 12.5. The van der Waals surface area contributed by atoms with Crippen LogP contribution in [0.5, 0.6) is 0 Å². The summed E-state index contributed by atoms with van der Waals surface area (Å²) in [6, 6.07) is 15.3. The van der Waals surface area contributed by atoms with Crippen LogP contribution in [0.25, 0.3) is 10.9 Å². The molecule has 0 fully saturated rings. The van der Waals surface area contributed by atoms with E-state index in [1.807, 2.05) is 55.5 Å². The van der Waals surface area contributed by atoms with Crippen LogP contribution in [0.2, 0.25) is 0 Å². The number of aryl methyl sites for hydroxylation is 1. The van der Waals surface area contributed by atoms with Crippen molar-refractivity contribution in [2.45, 2.75) is 20.0 Å². The molecule has 0 aliphatic rings. The zero-order chi connectivity index (χ0) is 17.8. The van der Waals surface area contributed by atoms with Gasteiger partial charge in [-0.2, -0.15) is 0 Å². The van der Waals surface area contributed by atoms with Crippen molar-refractivity contribution in [2.24, 2.45) is 0 Å². The van der Waals surface area contributed by atoms with Crippen LogP contribution < -0.4 is 0 Å². The van der Waals surface area contributed by atoms with Gasteiger partial charge in [-0.05, 0) is 30.2 Å². The highest BCUT2D eigenvalue weighted by Gasteiger charge is 2.16. The molecule has 2 aromatic carbocycles. The zero-order valence-corrected chi connectivity index (χ0v) is 14.6. The van der Waals surface area contributed by atoms with Gasteiger partial charge in [0.2, 0.25) is 0 Å². The molecule has 1 aromatic heterocycles. The molecule has 0 N–H and O–H groups in total. The minimum absolute atomic E-state index is 0.0447. The van der Waals surface area contributed by atoms with Crippen molar-refractivity contribution in [1.29, 1.82) is 0 Å². The Morgan fingerprint density at radius 2 is 1.88 bits per heavy atom. The third-order valence-corrected chi connectivity index (χ3v) is 4.28. The van der Waals surface area contributed by atoms with E-state index in [1.165, 1.54) is 4.57 Å². The van der Waals surface area contributed by atoms with Crippen molar-refractivity contribution in [3.8, 4) is 0 Å². The van der Waals surface area contributed by atoms with E-state index in [4.69, 9.17) is 16.3 Å². The molecule has 1 heterocycles. The summed E-state index contributed by atoms with van der Waals surface area (Å²) >= 11 is 5.62. The number of aromatic nitrogens is 1. The summed E-state index contributed by atoms with van der Waals surface area (Å²) in [6.07, 6.45) is 1.40. The lowest BCUT2D eigenvalue weighted by atomic mass is 10.1. The molecule has 0 atom stereocenters. The highest BCUT2D eigenvalue weighted by Crippen LogP contribution is 2.24. The van der Waals surface area contributed by atoms with Crippen molar-refractivity contribution < 1.29 is 14.3 Å². The molecule has 0 saturated heterocycles. The van der Waals surface area contributed by atoms with Crippen LogP contribution in [-0.2, 0) is 22.6 Å². The second kappa shape index (κ2) is 7.53. The third-order valence-electron chi connectivity index (χ3n) is 3.98. The van der Waals surface area contributed by atoms with E-state index in [2.05, 4.69) is 0 Å². The lowest BCUT2D eigenvalue weighted by Crippen LogP contribution is -2.12. The largest absolute Gasteiger partial charge is 0.444 e. The first-order chi connectivity index (χ1) is 12.1. The summed E-state index contributed by atoms with van der Waals surface area (Å²) in [5, 5.41) is 0.870. The topological polar surface area (TPSA) is 48.3 Å². The monoisotopic (exact) mass is 355 g/mol. The molecule has 128 valence electrons. The predicted molar refractivity (Wildman–Crippen MR) is 98.1 cm³/mol. The molecular formula is C20H18ClNO3. The zero-order valence-electron chi connectivity index (χ0n) is 13.9. The van der Waals surface area contributed by atoms with E-state index in [9.17, 15) is 9.59 Å². The van der Waals surface area contributed by atoms with Gasteiger partial charge in [0.25, 0.3) is 0 Å². The van der Waals surface area contributed by atoms with Crippen LogP contribution in [-0.4, -0.2) is 22.3 Å². The molecule has 0 aliphatic heterocycles. The highest BCUT2D eigenvalue weighted by atomic mass is 35.5. The highest BCUT2D eigenvalue weighted by molar-refractivity contribution is 6.27. The Bertz CT molecular complexity index is 915. The van der Waals surface area contributed by atoms with Gasteiger partial charge in [-0.15, -0.1) is 11.6 Å². The van der Waals surface area contributed by atoms with Gasteiger partial charge in [0.15, 0.2) is 5.78 Å². The van der Waals surface area contributed by atoms with Crippen LogP contribution >= 0.6 is 11.6 Å². The van der Waals surface area contributed by atoms with Crippen LogP contribution in [0.4, 0.5) is 4.79 Å². The molecular weight excluding hydrogens is 338 g/mol. The van der Waals surface area contributed by atoms with Crippen molar-refractivity contribution in [3.63, 3.8) is 0 Å². The molecule has 5 heteroatoms. The van der Waals surface area contributed by atoms with E-state index in [0.717, 1.165) is 27.6 Å². The van der Waals surface area contributed by atoms with Crippen molar-refractivity contribution in [1.82, 2.24) is 4.57 Å².